The first-order valence-electron chi connectivity index (χ1n) is 7.97. The number of nitrogens with zero attached hydrogens (tertiary/aromatic N) is 2. The summed E-state index contributed by atoms with van der Waals surface area (Å²) in [7, 11) is 0. The fourth-order valence-electron chi connectivity index (χ4n) is 2.92. The van der Waals surface area contributed by atoms with Crippen molar-refractivity contribution in [2.45, 2.75) is 46.1 Å². The van der Waals surface area contributed by atoms with Gasteiger partial charge in [-0.15, -0.1) is 0 Å². The second-order valence-corrected chi connectivity index (χ2v) is 5.83. The Balaban J connectivity index is 2.46. The van der Waals surface area contributed by atoms with E-state index in [0.717, 1.165) is 25.8 Å². The van der Waals surface area contributed by atoms with Crippen molar-refractivity contribution in [3.63, 3.8) is 0 Å². The van der Waals surface area contributed by atoms with Gasteiger partial charge in [-0.25, -0.2) is 4.79 Å². The molecule has 0 radical (unpaired) electrons. The minimum absolute atomic E-state index is 0.0217. The first-order chi connectivity index (χ1) is 9.97. The quantitative estimate of drug-likeness (QED) is 0.781. The number of carboxylic acid groups (broad SMARTS) is 1. The zero-order valence-corrected chi connectivity index (χ0v) is 13.5. The molecule has 1 rings (SSSR count). The molecular weight excluding hydrogens is 270 g/mol. The fraction of sp³-hybridized carbons (Fsp3) is 0.867. The van der Waals surface area contributed by atoms with E-state index in [1.807, 2.05) is 4.90 Å². The van der Waals surface area contributed by atoms with E-state index in [9.17, 15) is 9.59 Å². The third-order valence-corrected chi connectivity index (χ3v) is 4.34. The molecule has 0 aromatic heterocycles. The van der Waals surface area contributed by atoms with Crippen LogP contribution >= 0.6 is 0 Å². The highest BCUT2D eigenvalue weighted by molar-refractivity contribution is 5.74. The highest BCUT2D eigenvalue weighted by atomic mass is 16.4. The summed E-state index contributed by atoms with van der Waals surface area (Å²) in [6.45, 7) is 9.05. The molecule has 0 aromatic rings. The molecule has 1 heterocycles. The molecule has 122 valence electrons. The smallest absolute Gasteiger partial charge is 0.317 e. The topological polar surface area (TPSA) is 72.9 Å². The summed E-state index contributed by atoms with van der Waals surface area (Å²) in [6, 6.07) is 0.150. The van der Waals surface area contributed by atoms with Gasteiger partial charge in [-0.2, -0.15) is 0 Å². The molecule has 2 amide bonds. The molecule has 1 fully saturated rings. The van der Waals surface area contributed by atoms with Crippen LogP contribution < -0.4 is 5.32 Å². The number of hydrogen-bond donors (Lipinski definition) is 2. The highest BCUT2D eigenvalue weighted by Crippen LogP contribution is 2.13. The molecule has 6 heteroatoms. The SMILES string of the molecule is CCC(CC)C(C)NC(=O)N1CCCN(CC(=O)O)CC1. The van der Waals surface area contributed by atoms with Crippen LogP contribution in [0.25, 0.3) is 0 Å². The number of carbonyl (C=O) groups is 2. The lowest BCUT2D eigenvalue weighted by atomic mass is 9.96. The summed E-state index contributed by atoms with van der Waals surface area (Å²) in [5.74, 6) is -0.306. The summed E-state index contributed by atoms with van der Waals surface area (Å²) in [5, 5.41) is 11.9. The lowest BCUT2D eigenvalue weighted by Crippen LogP contribution is -2.47. The predicted molar refractivity (Wildman–Crippen MR) is 82.3 cm³/mol. The maximum absolute atomic E-state index is 12.3. The Kier molecular flexibility index (Phi) is 7.50. The van der Waals surface area contributed by atoms with Crippen molar-refractivity contribution in [3.05, 3.63) is 0 Å². The molecular formula is C15H29N3O3. The van der Waals surface area contributed by atoms with Crippen LogP contribution in [0.3, 0.4) is 0 Å². The van der Waals surface area contributed by atoms with Gasteiger partial charge in [0.05, 0.1) is 6.54 Å². The second-order valence-electron chi connectivity index (χ2n) is 5.83. The van der Waals surface area contributed by atoms with Crippen molar-refractivity contribution >= 4 is 12.0 Å². The Bertz CT molecular complexity index is 345. The molecule has 1 atom stereocenters. The van der Waals surface area contributed by atoms with E-state index in [0.29, 0.717) is 25.6 Å². The number of carbonyl (C=O) groups excluding carboxylic acids is 1. The molecule has 0 spiro atoms. The van der Waals surface area contributed by atoms with Gasteiger partial charge >= 0.3 is 12.0 Å². The summed E-state index contributed by atoms with van der Waals surface area (Å²) >= 11 is 0. The van der Waals surface area contributed by atoms with E-state index < -0.39 is 5.97 Å². The van der Waals surface area contributed by atoms with E-state index in [2.05, 4.69) is 26.1 Å². The van der Waals surface area contributed by atoms with Gasteiger partial charge < -0.3 is 15.3 Å². The number of hydrogen-bond acceptors (Lipinski definition) is 3. The van der Waals surface area contributed by atoms with E-state index >= 15 is 0 Å². The van der Waals surface area contributed by atoms with Crippen LogP contribution in [0.2, 0.25) is 0 Å². The molecule has 1 aliphatic heterocycles. The molecule has 21 heavy (non-hydrogen) atoms. The average molecular weight is 299 g/mol. The standard InChI is InChI=1S/C15H29N3O3/c1-4-13(5-2)12(3)16-15(21)18-8-6-7-17(9-10-18)11-14(19)20/h12-13H,4-11H2,1-3H3,(H,16,21)(H,19,20). The van der Waals surface area contributed by atoms with Crippen molar-refractivity contribution in [1.82, 2.24) is 15.1 Å². The van der Waals surface area contributed by atoms with Crippen LogP contribution in [0.4, 0.5) is 4.79 Å². The van der Waals surface area contributed by atoms with Gasteiger partial charge in [0.1, 0.15) is 0 Å². The maximum Gasteiger partial charge on any atom is 0.317 e. The number of aliphatic carboxylic acids is 1. The molecule has 1 aliphatic rings. The van der Waals surface area contributed by atoms with E-state index in [1.54, 1.807) is 4.90 Å². The Morgan fingerprint density at radius 2 is 1.81 bits per heavy atom. The van der Waals surface area contributed by atoms with Gasteiger partial charge in [0.2, 0.25) is 0 Å². The van der Waals surface area contributed by atoms with Crippen molar-refractivity contribution in [1.29, 1.82) is 0 Å². The summed E-state index contributed by atoms with van der Waals surface area (Å²) < 4.78 is 0. The first kappa shape index (κ1) is 17.8. The number of nitrogens with one attached hydrogen (secondary N) is 1. The molecule has 1 saturated heterocycles. The van der Waals surface area contributed by atoms with Crippen molar-refractivity contribution in [2.75, 3.05) is 32.7 Å². The zero-order chi connectivity index (χ0) is 15.8. The number of amides is 2. The van der Waals surface area contributed by atoms with E-state index in [1.165, 1.54) is 0 Å². The monoisotopic (exact) mass is 299 g/mol. The number of urea groups is 1. The maximum atomic E-state index is 12.3. The Labute approximate surface area is 127 Å². The zero-order valence-electron chi connectivity index (χ0n) is 13.5. The summed E-state index contributed by atoms with van der Waals surface area (Å²) in [5.41, 5.74) is 0. The molecule has 0 aliphatic carbocycles. The molecule has 0 aromatic carbocycles. The van der Waals surface area contributed by atoms with Gasteiger partial charge in [0, 0.05) is 32.2 Å². The lowest BCUT2D eigenvalue weighted by Gasteiger charge is -2.27. The Hall–Kier alpha value is -1.30. The summed E-state index contributed by atoms with van der Waals surface area (Å²) in [6.07, 6.45) is 2.94. The number of rotatable bonds is 6. The molecule has 0 saturated carbocycles. The minimum atomic E-state index is -0.810. The largest absolute Gasteiger partial charge is 0.480 e. The van der Waals surface area contributed by atoms with Crippen LogP contribution in [0.1, 0.15) is 40.0 Å². The van der Waals surface area contributed by atoms with Crippen LogP contribution in [0.15, 0.2) is 0 Å². The Morgan fingerprint density at radius 3 is 2.38 bits per heavy atom. The van der Waals surface area contributed by atoms with Crippen LogP contribution in [-0.4, -0.2) is 65.7 Å². The third kappa shape index (κ3) is 5.91. The highest BCUT2D eigenvalue weighted by Gasteiger charge is 2.23. The van der Waals surface area contributed by atoms with Crippen molar-refractivity contribution < 1.29 is 14.7 Å². The van der Waals surface area contributed by atoms with Crippen LogP contribution in [0, 0.1) is 5.92 Å². The molecule has 1 unspecified atom stereocenters. The van der Waals surface area contributed by atoms with E-state index in [-0.39, 0.29) is 18.6 Å². The van der Waals surface area contributed by atoms with Gasteiger partial charge in [-0.05, 0) is 19.3 Å². The third-order valence-electron chi connectivity index (χ3n) is 4.34. The van der Waals surface area contributed by atoms with Gasteiger partial charge in [0.15, 0.2) is 0 Å². The lowest BCUT2D eigenvalue weighted by molar-refractivity contribution is -0.138. The van der Waals surface area contributed by atoms with E-state index in [4.69, 9.17) is 5.11 Å². The van der Waals surface area contributed by atoms with Crippen molar-refractivity contribution in [2.24, 2.45) is 5.92 Å². The molecule has 6 nitrogen and oxygen atoms in total. The summed E-state index contributed by atoms with van der Waals surface area (Å²) in [4.78, 5) is 26.7. The normalized spacial score (nSPS) is 18.4. The second kappa shape index (κ2) is 8.87. The first-order valence-corrected chi connectivity index (χ1v) is 7.97. The van der Waals surface area contributed by atoms with Gasteiger partial charge in [-0.1, -0.05) is 26.7 Å². The fourth-order valence-corrected chi connectivity index (χ4v) is 2.92. The van der Waals surface area contributed by atoms with Crippen LogP contribution in [-0.2, 0) is 4.79 Å². The Morgan fingerprint density at radius 1 is 1.14 bits per heavy atom. The number of carboxylic acids is 1. The predicted octanol–water partition coefficient (Wildman–Crippen LogP) is 1.61. The minimum Gasteiger partial charge on any atom is -0.480 e. The average Bonchev–Trinajstić information content (AvgIpc) is 2.65. The molecule has 2 N–H and O–H groups in total. The molecule has 0 bridgehead atoms. The van der Waals surface area contributed by atoms with Crippen LogP contribution in [0.5, 0.6) is 0 Å². The van der Waals surface area contributed by atoms with Crippen molar-refractivity contribution in [3.8, 4) is 0 Å². The van der Waals surface area contributed by atoms with Gasteiger partial charge in [-0.3, -0.25) is 9.69 Å². The van der Waals surface area contributed by atoms with Gasteiger partial charge in [0.25, 0.3) is 0 Å².